The molecule has 0 atom stereocenters. The van der Waals surface area contributed by atoms with Gasteiger partial charge in [-0.05, 0) is 36.6 Å². The number of nitrogens with two attached hydrogens (primary N) is 1. The summed E-state index contributed by atoms with van der Waals surface area (Å²) in [4.78, 5) is 2.27. The first kappa shape index (κ1) is 13.5. The third-order valence-electron chi connectivity index (χ3n) is 2.93. The van der Waals surface area contributed by atoms with Gasteiger partial charge in [0, 0.05) is 23.8 Å². The fraction of sp³-hybridized carbons (Fsp3) is 0.538. The van der Waals surface area contributed by atoms with E-state index < -0.39 is 0 Å². The number of anilines is 1. The predicted molar refractivity (Wildman–Crippen MR) is 74.9 cm³/mol. The van der Waals surface area contributed by atoms with Crippen LogP contribution >= 0.6 is 15.9 Å². The molecule has 0 aromatic heterocycles. The first-order chi connectivity index (χ1) is 7.44. The second-order valence-electron chi connectivity index (χ2n) is 5.02. The SMILES string of the molecule is CN(CCC(C)(C)CN)c1cccc(Br)c1. The molecule has 1 rings (SSSR count). The van der Waals surface area contributed by atoms with Gasteiger partial charge < -0.3 is 10.6 Å². The summed E-state index contributed by atoms with van der Waals surface area (Å²) in [6, 6.07) is 8.36. The molecule has 0 radical (unpaired) electrons. The van der Waals surface area contributed by atoms with Crippen molar-refractivity contribution in [2.45, 2.75) is 20.3 Å². The standard InChI is InChI=1S/C13H21BrN2/c1-13(2,10-15)7-8-16(3)12-6-4-5-11(14)9-12/h4-6,9H,7-8,10,15H2,1-3H3. The minimum absolute atomic E-state index is 0.222. The second kappa shape index (κ2) is 5.69. The molecule has 0 bridgehead atoms. The molecule has 0 aliphatic heterocycles. The molecule has 0 fully saturated rings. The van der Waals surface area contributed by atoms with Crippen molar-refractivity contribution in [1.29, 1.82) is 0 Å². The Hall–Kier alpha value is -0.540. The van der Waals surface area contributed by atoms with Gasteiger partial charge in [0.15, 0.2) is 0 Å². The number of rotatable bonds is 5. The Morgan fingerprint density at radius 1 is 1.38 bits per heavy atom. The van der Waals surface area contributed by atoms with Gasteiger partial charge in [-0.1, -0.05) is 35.8 Å². The van der Waals surface area contributed by atoms with E-state index in [0.717, 1.165) is 24.0 Å². The Kier molecular flexibility index (Phi) is 4.81. The van der Waals surface area contributed by atoms with Gasteiger partial charge >= 0.3 is 0 Å². The normalized spacial score (nSPS) is 11.6. The lowest BCUT2D eigenvalue weighted by Gasteiger charge is -2.27. The zero-order chi connectivity index (χ0) is 12.2. The van der Waals surface area contributed by atoms with Crippen LogP contribution in [-0.2, 0) is 0 Å². The zero-order valence-corrected chi connectivity index (χ0v) is 11.9. The summed E-state index contributed by atoms with van der Waals surface area (Å²) in [7, 11) is 2.12. The van der Waals surface area contributed by atoms with E-state index in [4.69, 9.17) is 5.73 Å². The topological polar surface area (TPSA) is 29.3 Å². The number of hydrogen-bond donors (Lipinski definition) is 1. The highest BCUT2D eigenvalue weighted by Crippen LogP contribution is 2.22. The Morgan fingerprint density at radius 3 is 2.62 bits per heavy atom. The first-order valence-electron chi connectivity index (χ1n) is 5.61. The lowest BCUT2D eigenvalue weighted by Crippen LogP contribution is -2.29. The first-order valence-corrected chi connectivity index (χ1v) is 6.41. The zero-order valence-electron chi connectivity index (χ0n) is 10.3. The van der Waals surface area contributed by atoms with E-state index in [-0.39, 0.29) is 5.41 Å². The third kappa shape index (κ3) is 4.14. The van der Waals surface area contributed by atoms with Crippen molar-refractivity contribution in [2.24, 2.45) is 11.1 Å². The Morgan fingerprint density at radius 2 is 2.06 bits per heavy atom. The van der Waals surface area contributed by atoms with Crippen molar-refractivity contribution in [1.82, 2.24) is 0 Å². The van der Waals surface area contributed by atoms with Crippen molar-refractivity contribution >= 4 is 21.6 Å². The minimum Gasteiger partial charge on any atom is -0.375 e. The van der Waals surface area contributed by atoms with Gasteiger partial charge in [-0.15, -0.1) is 0 Å². The fourth-order valence-electron chi connectivity index (χ4n) is 1.42. The van der Waals surface area contributed by atoms with E-state index in [1.807, 2.05) is 6.07 Å². The average Bonchev–Trinajstić information content (AvgIpc) is 2.26. The van der Waals surface area contributed by atoms with E-state index in [2.05, 4.69) is 59.9 Å². The van der Waals surface area contributed by atoms with E-state index in [0.29, 0.717) is 0 Å². The molecule has 0 saturated heterocycles. The van der Waals surface area contributed by atoms with Crippen LogP contribution in [0.1, 0.15) is 20.3 Å². The Labute approximate surface area is 107 Å². The van der Waals surface area contributed by atoms with Crippen LogP contribution in [-0.4, -0.2) is 20.1 Å². The van der Waals surface area contributed by atoms with E-state index >= 15 is 0 Å². The van der Waals surface area contributed by atoms with Gasteiger partial charge in [0.2, 0.25) is 0 Å². The molecule has 0 unspecified atom stereocenters. The lowest BCUT2D eigenvalue weighted by molar-refractivity contribution is 0.351. The Bertz CT molecular complexity index is 336. The molecular weight excluding hydrogens is 264 g/mol. The van der Waals surface area contributed by atoms with Crippen LogP contribution in [0.4, 0.5) is 5.69 Å². The molecule has 90 valence electrons. The van der Waals surface area contributed by atoms with Crippen molar-refractivity contribution in [2.75, 3.05) is 25.0 Å². The number of halogens is 1. The molecule has 16 heavy (non-hydrogen) atoms. The molecule has 0 heterocycles. The molecule has 1 aromatic rings. The molecule has 1 aromatic carbocycles. The molecule has 0 spiro atoms. The maximum atomic E-state index is 5.73. The van der Waals surface area contributed by atoms with Crippen LogP contribution in [0.5, 0.6) is 0 Å². The summed E-state index contributed by atoms with van der Waals surface area (Å²) >= 11 is 3.49. The molecule has 3 heteroatoms. The summed E-state index contributed by atoms with van der Waals surface area (Å²) in [6.45, 7) is 6.18. The van der Waals surface area contributed by atoms with Crippen molar-refractivity contribution in [3.05, 3.63) is 28.7 Å². The molecule has 2 N–H and O–H groups in total. The maximum absolute atomic E-state index is 5.73. The van der Waals surface area contributed by atoms with Gasteiger partial charge in [-0.2, -0.15) is 0 Å². The quantitative estimate of drug-likeness (QED) is 0.899. The van der Waals surface area contributed by atoms with Crippen molar-refractivity contribution in [3.8, 4) is 0 Å². The van der Waals surface area contributed by atoms with Gasteiger partial charge in [0.1, 0.15) is 0 Å². The second-order valence-corrected chi connectivity index (χ2v) is 5.94. The summed E-state index contributed by atoms with van der Waals surface area (Å²) in [6.07, 6.45) is 1.10. The molecule has 0 amide bonds. The van der Waals surface area contributed by atoms with Gasteiger partial charge in [0.05, 0.1) is 0 Å². The van der Waals surface area contributed by atoms with Gasteiger partial charge in [-0.25, -0.2) is 0 Å². The van der Waals surface area contributed by atoms with Crippen LogP contribution in [0.3, 0.4) is 0 Å². The third-order valence-corrected chi connectivity index (χ3v) is 3.42. The molecule has 2 nitrogen and oxygen atoms in total. The highest BCUT2D eigenvalue weighted by atomic mass is 79.9. The molecular formula is C13H21BrN2. The van der Waals surface area contributed by atoms with Crippen LogP contribution in [0.25, 0.3) is 0 Å². The minimum atomic E-state index is 0.222. The fourth-order valence-corrected chi connectivity index (χ4v) is 1.80. The monoisotopic (exact) mass is 284 g/mol. The maximum Gasteiger partial charge on any atom is 0.0374 e. The highest BCUT2D eigenvalue weighted by Gasteiger charge is 2.16. The van der Waals surface area contributed by atoms with E-state index in [1.54, 1.807) is 0 Å². The lowest BCUT2D eigenvalue weighted by atomic mass is 9.89. The summed E-state index contributed by atoms with van der Waals surface area (Å²) in [5.74, 6) is 0. The van der Waals surface area contributed by atoms with Crippen LogP contribution in [0.2, 0.25) is 0 Å². The summed E-state index contributed by atoms with van der Waals surface area (Å²) in [5.41, 5.74) is 7.19. The number of benzene rings is 1. The average molecular weight is 285 g/mol. The van der Waals surface area contributed by atoms with Gasteiger partial charge in [0.25, 0.3) is 0 Å². The van der Waals surface area contributed by atoms with Crippen molar-refractivity contribution < 1.29 is 0 Å². The molecule has 0 saturated carbocycles. The van der Waals surface area contributed by atoms with Crippen LogP contribution in [0, 0.1) is 5.41 Å². The van der Waals surface area contributed by atoms with Crippen LogP contribution < -0.4 is 10.6 Å². The summed E-state index contributed by atoms with van der Waals surface area (Å²) < 4.78 is 1.12. The highest BCUT2D eigenvalue weighted by molar-refractivity contribution is 9.10. The predicted octanol–water partition coefficient (Wildman–Crippen LogP) is 3.26. The van der Waals surface area contributed by atoms with Crippen LogP contribution in [0.15, 0.2) is 28.7 Å². The smallest absolute Gasteiger partial charge is 0.0374 e. The molecule has 0 aliphatic carbocycles. The largest absolute Gasteiger partial charge is 0.375 e. The van der Waals surface area contributed by atoms with Crippen molar-refractivity contribution in [3.63, 3.8) is 0 Å². The number of hydrogen-bond acceptors (Lipinski definition) is 2. The summed E-state index contributed by atoms with van der Waals surface area (Å²) in [5, 5.41) is 0. The number of nitrogens with zero attached hydrogens (tertiary/aromatic N) is 1. The van der Waals surface area contributed by atoms with E-state index in [9.17, 15) is 0 Å². The van der Waals surface area contributed by atoms with E-state index in [1.165, 1.54) is 5.69 Å². The molecule has 0 aliphatic rings. The Balaban J connectivity index is 2.56. The van der Waals surface area contributed by atoms with Gasteiger partial charge in [-0.3, -0.25) is 0 Å².